The number of nitrogens with one attached hydrogen (secondary N) is 1. The van der Waals surface area contributed by atoms with E-state index in [4.69, 9.17) is 9.47 Å². The molecule has 0 aromatic carbocycles. The van der Waals surface area contributed by atoms with Crippen LogP contribution in [-0.2, 0) is 11.2 Å². The molecule has 4 heterocycles. The summed E-state index contributed by atoms with van der Waals surface area (Å²) in [7, 11) is 0. The number of nitrogens with zero attached hydrogens (tertiary/aromatic N) is 3. The van der Waals surface area contributed by atoms with Crippen molar-refractivity contribution in [2.24, 2.45) is 0 Å². The molecule has 7 heteroatoms. The van der Waals surface area contributed by atoms with Gasteiger partial charge in [-0.25, -0.2) is 9.97 Å². The highest BCUT2D eigenvalue weighted by atomic mass is 16.5. The molecule has 1 atom stereocenters. The van der Waals surface area contributed by atoms with Crippen molar-refractivity contribution in [1.29, 1.82) is 0 Å². The van der Waals surface area contributed by atoms with E-state index in [9.17, 15) is 4.79 Å². The number of fused-ring (bicyclic) bond motifs is 3. The molecule has 0 spiro atoms. The number of carbonyl (C=O) groups is 1. The number of pyridine rings is 1. The zero-order chi connectivity index (χ0) is 15.6. The van der Waals surface area contributed by atoms with Gasteiger partial charge in [-0.15, -0.1) is 0 Å². The molecule has 0 radical (unpaired) electrons. The molecule has 2 aromatic rings. The average molecular weight is 314 g/mol. The van der Waals surface area contributed by atoms with Crippen LogP contribution in [0.1, 0.15) is 29.0 Å². The third-order valence-electron chi connectivity index (χ3n) is 4.13. The van der Waals surface area contributed by atoms with Crippen LogP contribution in [-0.4, -0.2) is 46.3 Å². The van der Waals surface area contributed by atoms with Gasteiger partial charge in [0, 0.05) is 24.9 Å². The van der Waals surface area contributed by atoms with Gasteiger partial charge >= 0.3 is 0 Å². The highest BCUT2D eigenvalue weighted by molar-refractivity contribution is 5.92. The van der Waals surface area contributed by atoms with Crippen molar-refractivity contribution < 1.29 is 14.3 Å². The second-order valence-electron chi connectivity index (χ2n) is 5.76. The molecule has 120 valence electrons. The highest BCUT2D eigenvalue weighted by Crippen LogP contribution is 2.25. The van der Waals surface area contributed by atoms with Crippen LogP contribution in [0.3, 0.4) is 0 Å². The van der Waals surface area contributed by atoms with Crippen LogP contribution in [0.4, 0.5) is 0 Å². The van der Waals surface area contributed by atoms with Crippen LogP contribution < -0.4 is 10.1 Å². The number of ether oxygens (including phenoxy) is 2. The van der Waals surface area contributed by atoms with Crippen molar-refractivity contribution in [3.63, 3.8) is 0 Å². The molecule has 2 aromatic heterocycles. The Morgan fingerprint density at radius 1 is 1.35 bits per heavy atom. The largest absolute Gasteiger partial charge is 0.489 e. The lowest BCUT2D eigenvalue weighted by molar-refractivity contribution is 0.0622. The van der Waals surface area contributed by atoms with Gasteiger partial charge in [0.1, 0.15) is 12.0 Å². The zero-order valence-electron chi connectivity index (χ0n) is 12.7. The number of aromatic nitrogens is 3. The zero-order valence-corrected chi connectivity index (χ0v) is 12.7. The van der Waals surface area contributed by atoms with Gasteiger partial charge in [0.05, 0.1) is 19.3 Å². The van der Waals surface area contributed by atoms with Crippen LogP contribution in [0.25, 0.3) is 5.82 Å². The summed E-state index contributed by atoms with van der Waals surface area (Å²) in [6.45, 7) is 1.90. The van der Waals surface area contributed by atoms with Gasteiger partial charge in [-0.3, -0.25) is 9.36 Å². The summed E-state index contributed by atoms with van der Waals surface area (Å²) in [5.74, 6) is 1.09. The molecule has 0 aliphatic carbocycles. The lowest BCUT2D eigenvalue weighted by Gasteiger charge is -2.23. The maximum atomic E-state index is 12.4. The molecule has 0 saturated carbocycles. The maximum Gasteiger partial charge on any atom is 0.270 e. The monoisotopic (exact) mass is 314 g/mol. The molecule has 1 fully saturated rings. The summed E-state index contributed by atoms with van der Waals surface area (Å²) < 4.78 is 13.0. The van der Waals surface area contributed by atoms with E-state index in [1.54, 1.807) is 24.7 Å². The van der Waals surface area contributed by atoms with Crippen LogP contribution in [0.2, 0.25) is 0 Å². The van der Waals surface area contributed by atoms with E-state index in [2.05, 4.69) is 15.3 Å². The van der Waals surface area contributed by atoms with Crippen LogP contribution in [0, 0.1) is 0 Å². The molecule has 1 N–H and O–H groups in total. The molecule has 7 nitrogen and oxygen atoms in total. The third kappa shape index (κ3) is 2.79. The second kappa shape index (κ2) is 6.00. The van der Waals surface area contributed by atoms with E-state index >= 15 is 0 Å². The number of rotatable bonds is 2. The normalized spacial score (nSPS) is 19.9. The minimum atomic E-state index is -0.186. The van der Waals surface area contributed by atoms with E-state index in [0.29, 0.717) is 30.5 Å². The van der Waals surface area contributed by atoms with Crippen LogP contribution in [0.15, 0.2) is 24.7 Å². The average Bonchev–Trinajstić information content (AvgIpc) is 2.97. The first-order chi connectivity index (χ1) is 11.3. The quantitative estimate of drug-likeness (QED) is 0.898. The van der Waals surface area contributed by atoms with Crippen molar-refractivity contribution in [2.75, 3.05) is 19.8 Å². The maximum absolute atomic E-state index is 12.4. The smallest absolute Gasteiger partial charge is 0.270 e. The van der Waals surface area contributed by atoms with Crippen molar-refractivity contribution in [3.05, 3.63) is 36.0 Å². The first-order valence-corrected chi connectivity index (χ1v) is 7.85. The van der Waals surface area contributed by atoms with Gasteiger partial charge in [0.25, 0.3) is 5.91 Å². The molecule has 0 bridgehead atoms. The molecule has 23 heavy (non-hydrogen) atoms. The van der Waals surface area contributed by atoms with E-state index in [0.717, 1.165) is 31.6 Å². The Morgan fingerprint density at radius 3 is 3.17 bits per heavy atom. The molecule has 1 amide bonds. The molecule has 1 saturated heterocycles. The Hall–Kier alpha value is -2.41. The predicted molar refractivity (Wildman–Crippen MR) is 81.9 cm³/mol. The summed E-state index contributed by atoms with van der Waals surface area (Å²) in [6, 6.07) is 3.54. The van der Waals surface area contributed by atoms with Crippen molar-refractivity contribution in [2.45, 2.75) is 25.3 Å². The number of hydrogen-bond donors (Lipinski definition) is 1. The van der Waals surface area contributed by atoms with Gasteiger partial charge in [-0.1, -0.05) is 0 Å². The van der Waals surface area contributed by atoms with E-state index < -0.39 is 0 Å². The first-order valence-electron chi connectivity index (χ1n) is 7.85. The molecule has 2 aliphatic rings. The second-order valence-corrected chi connectivity index (χ2v) is 5.76. The van der Waals surface area contributed by atoms with Crippen molar-refractivity contribution >= 4 is 5.91 Å². The summed E-state index contributed by atoms with van der Waals surface area (Å²) in [6.07, 6.45) is 6.16. The molecular formula is C16H18N4O3. The first kappa shape index (κ1) is 14.2. The Labute approximate surface area is 133 Å². The van der Waals surface area contributed by atoms with Gasteiger partial charge in [0.2, 0.25) is 0 Å². The molecule has 4 rings (SSSR count). The third-order valence-corrected chi connectivity index (χ3v) is 4.13. The van der Waals surface area contributed by atoms with Crippen LogP contribution >= 0.6 is 0 Å². The fourth-order valence-corrected chi connectivity index (χ4v) is 2.92. The minimum Gasteiger partial charge on any atom is -0.489 e. The summed E-state index contributed by atoms with van der Waals surface area (Å²) in [4.78, 5) is 21.1. The number of amides is 1. The summed E-state index contributed by atoms with van der Waals surface area (Å²) in [5.41, 5.74) is 1.40. The van der Waals surface area contributed by atoms with Gasteiger partial charge < -0.3 is 14.8 Å². The minimum absolute atomic E-state index is 0.0527. The van der Waals surface area contributed by atoms with E-state index in [1.807, 2.05) is 4.57 Å². The SMILES string of the molecule is O=C(N[C@@H]1CCCOC1)c1ccc2c(n1)-n1cncc1CCO2. The van der Waals surface area contributed by atoms with Gasteiger partial charge in [0.15, 0.2) is 11.6 Å². The number of hydrogen-bond acceptors (Lipinski definition) is 5. The Bertz CT molecular complexity index is 722. The van der Waals surface area contributed by atoms with Crippen molar-refractivity contribution in [1.82, 2.24) is 19.9 Å². The Kier molecular flexibility index (Phi) is 3.70. The predicted octanol–water partition coefficient (Wildman–Crippen LogP) is 1.11. The summed E-state index contributed by atoms with van der Waals surface area (Å²) >= 11 is 0. The Balaban J connectivity index is 1.61. The lowest BCUT2D eigenvalue weighted by Crippen LogP contribution is -2.40. The van der Waals surface area contributed by atoms with E-state index in [-0.39, 0.29) is 11.9 Å². The van der Waals surface area contributed by atoms with Gasteiger partial charge in [-0.05, 0) is 25.0 Å². The fourth-order valence-electron chi connectivity index (χ4n) is 2.92. The Morgan fingerprint density at radius 2 is 2.30 bits per heavy atom. The molecule has 0 unspecified atom stereocenters. The van der Waals surface area contributed by atoms with Gasteiger partial charge in [-0.2, -0.15) is 0 Å². The number of imidazole rings is 1. The standard InChI is InChI=1S/C16H18N4O3/c21-16(18-11-2-1-6-22-9-11)13-3-4-14-15(19-13)20-10-17-8-12(20)5-7-23-14/h3-4,8,10-11H,1-2,5-7,9H2,(H,18,21)/t11-/m1/s1. The molecule has 2 aliphatic heterocycles. The lowest BCUT2D eigenvalue weighted by atomic mass is 10.1. The summed E-state index contributed by atoms with van der Waals surface area (Å²) in [5, 5.41) is 2.98. The number of carbonyl (C=O) groups excluding carboxylic acids is 1. The topological polar surface area (TPSA) is 78.3 Å². The van der Waals surface area contributed by atoms with E-state index in [1.165, 1.54) is 0 Å². The molecular weight excluding hydrogens is 296 g/mol. The van der Waals surface area contributed by atoms with Crippen LogP contribution in [0.5, 0.6) is 5.75 Å². The van der Waals surface area contributed by atoms with Crippen molar-refractivity contribution in [3.8, 4) is 11.6 Å². The fraction of sp³-hybridized carbons (Fsp3) is 0.438. The highest BCUT2D eigenvalue weighted by Gasteiger charge is 2.21.